The number of aromatic carboxylic acids is 1. The summed E-state index contributed by atoms with van der Waals surface area (Å²) in [7, 11) is 0. The Labute approximate surface area is 134 Å². The lowest BCUT2D eigenvalue weighted by Crippen LogP contribution is -2.38. The maximum absolute atomic E-state index is 12.5. The van der Waals surface area contributed by atoms with Gasteiger partial charge in [0.2, 0.25) is 0 Å². The molecule has 0 radical (unpaired) electrons. The minimum absolute atomic E-state index is 0.112. The monoisotopic (exact) mass is 352 g/mol. The Kier molecular flexibility index (Phi) is 7.43. The number of benzene rings is 1. The lowest BCUT2D eigenvalue weighted by atomic mass is 10.1. The van der Waals surface area contributed by atoms with Crippen molar-refractivity contribution in [2.75, 3.05) is 19.8 Å². The van der Waals surface area contributed by atoms with E-state index in [1.54, 1.807) is 0 Å². The number of urea groups is 1. The first-order valence-electron chi connectivity index (χ1n) is 6.80. The van der Waals surface area contributed by atoms with Crippen LogP contribution in [0.3, 0.4) is 0 Å². The smallest absolute Gasteiger partial charge is 0.335 e. The first-order valence-corrected chi connectivity index (χ1v) is 6.80. The summed E-state index contributed by atoms with van der Waals surface area (Å²) in [5.74, 6) is -5.28. The standard InChI is InChI=1S/C14H16F4N2O4/c15-12(16)14(17,18)8-24-6-5-19-13(23)20-7-9-1-3-10(4-2-9)11(21)22/h1-4,12H,5-8H2,(H,21,22)(H2,19,20,23). The van der Waals surface area contributed by atoms with Gasteiger partial charge in [0.25, 0.3) is 0 Å². The molecular formula is C14H16F4N2O4. The molecule has 134 valence electrons. The van der Waals surface area contributed by atoms with E-state index in [0.717, 1.165) is 0 Å². The molecular weight excluding hydrogens is 336 g/mol. The lowest BCUT2D eigenvalue weighted by molar-refractivity contribution is -0.165. The molecule has 0 atom stereocenters. The van der Waals surface area contributed by atoms with E-state index in [2.05, 4.69) is 15.4 Å². The summed E-state index contributed by atoms with van der Waals surface area (Å²) in [5, 5.41) is 13.5. The second-order valence-corrected chi connectivity index (χ2v) is 4.73. The van der Waals surface area contributed by atoms with E-state index >= 15 is 0 Å². The fourth-order valence-electron chi connectivity index (χ4n) is 1.52. The van der Waals surface area contributed by atoms with Gasteiger partial charge in [-0.05, 0) is 17.7 Å². The molecule has 0 aliphatic carbocycles. The van der Waals surface area contributed by atoms with Crippen molar-refractivity contribution in [2.45, 2.75) is 18.9 Å². The van der Waals surface area contributed by atoms with Crippen molar-refractivity contribution >= 4 is 12.0 Å². The molecule has 1 aromatic carbocycles. The highest BCUT2D eigenvalue weighted by molar-refractivity contribution is 5.87. The summed E-state index contributed by atoms with van der Waals surface area (Å²) in [6.45, 7) is -1.79. The average Bonchev–Trinajstić information content (AvgIpc) is 2.52. The van der Waals surface area contributed by atoms with Gasteiger partial charge in [-0.2, -0.15) is 8.78 Å². The molecule has 1 aromatic rings. The lowest BCUT2D eigenvalue weighted by Gasteiger charge is -2.15. The van der Waals surface area contributed by atoms with Crippen LogP contribution in [0.1, 0.15) is 15.9 Å². The van der Waals surface area contributed by atoms with Gasteiger partial charge in [0.15, 0.2) is 0 Å². The number of carbonyl (C=O) groups is 2. The van der Waals surface area contributed by atoms with Crippen LogP contribution in [-0.2, 0) is 11.3 Å². The van der Waals surface area contributed by atoms with Crippen LogP contribution in [0.5, 0.6) is 0 Å². The van der Waals surface area contributed by atoms with E-state index in [0.29, 0.717) is 5.56 Å². The van der Waals surface area contributed by atoms with E-state index < -0.39 is 31.0 Å². The van der Waals surface area contributed by atoms with Crippen molar-refractivity contribution in [1.82, 2.24) is 10.6 Å². The van der Waals surface area contributed by atoms with E-state index in [4.69, 9.17) is 5.11 Å². The molecule has 0 fully saturated rings. The van der Waals surface area contributed by atoms with Crippen LogP contribution in [0.2, 0.25) is 0 Å². The molecule has 10 heteroatoms. The third kappa shape index (κ3) is 6.82. The van der Waals surface area contributed by atoms with E-state index in [1.807, 2.05) is 0 Å². The zero-order chi connectivity index (χ0) is 18.2. The maximum atomic E-state index is 12.5. The summed E-state index contributed by atoms with van der Waals surface area (Å²) < 4.78 is 53.1. The van der Waals surface area contributed by atoms with Gasteiger partial charge in [0.05, 0.1) is 12.2 Å². The number of rotatable bonds is 9. The van der Waals surface area contributed by atoms with Crippen LogP contribution < -0.4 is 10.6 Å². The van der Waals surface area contributed by atoms with Gasteiger partial charge in [0.1, 0.15) is 6.61 Å². The second-order valence-electron chi connectivity index (χ2n) is 4.73. The van der Waals surface area contributed by atoms with Crippen molar-refractivity contribution in [3.63, 3.8) is 0 Å². The van der Waals surface area contributed by atoms with Crippen molar-refractivity contribution in [3.05, 3.63) is 35.4 Å². The van der Waals surface area contributed by atoms with Gasteiger partial charge in [0, 0.05) is 13.1 Å². The number of hydrogen-bond donors (Lipinski definition) is 3. The number of alkyl halides is 4. The molecule has 0 unspecified atom stereocenters. The fraction of sp³-hybridized carbons (Fsp3) is 0.429. The van der Waals surface area contributed by atoms with Crippen molar-refractivity contribution in [2.24, 2.45) is 0 Å². The summed E-state index contributed by atoms with van der Waals surface area (Å²) in [6, 6.07) is 5.21. The van der Waals surface area contributed by atoms with Crippen LogP contribution in [0.25, 0.3) is 0 Å². The quantitative estimate of drug-likeness (QED) is 0.469. The Morgan fingerprint density at radius 2 is 1.79 bits per heavy atom. The first kappa shape index (κ1) is 19.7. The molecule has 0 saturated carbocycles. The maximum Gasteiger partial charge on any atom is 0.335 e. The van der Waals surface area contributed by atoms with Crippen LogP contribution in [0.15, 0.2) is 24.3 Å². The number of carbonyl (C=O) groups excluding carboxylic acids is 1. The Balaban J connectivity index is 2.19. The number of amides is 2. The van der Waals surface area contributed by atoms with Crippen molar-refractivity contribution < 1.29 is 37.0 Å². The van der Waals surface area contributed by atoms with Gasteiger partial charge >= 0.3 is 24.3 Å². The number of halogens is 4. The molecule has 0 aromatic heterocycles. The van der Waals surface area contributed by atoms with Crippen molar-refractivity contribution in [3.8, 4) is 0 Å². The Bertz CT molecular complexity index is 552. The molecule has 0 bridgehead atoms. The highest BCUT2D eigenvalue weighted by atomic mass is 19.3. The average molecular weight is 352 g/mol. The van der Waals surface area contributed by atoms with Gasteiger partial charge in [-0.15, -0.1) is 0 Å². The molecule has 6 nitrogen and oxygen atoms in total. The van der Waals surface area contributed by atoms with E-state index in [1.165, 1.54) is 24.3 Å². The molecule has 0 aliphatic heterocycles. The number of ether oxygens (including phenoxy) is 1. The number of carboxylic acids is 1. The summed E-state index contributed by atoms with van der Waals surface area (Å²) in [5.41, 5.74) is 0.768. The SMILES string of the molecule is O=C(NCCOCC(F)(F)C(F)F)NCc1ccc(C(=O)O)cc1. The molecule has 0 aliphatic rings. The molecule has 3 N–H and O–H groups in total. The van der Waals surface area contributed by atoms with Crippen LogP contribution in [0.4, 0.5) is 22.4 Å². The number of hydrogen-bond acceptors (Lipinski definition) is 3. The zero-order valence-electron chi connectivity index (χ0n) is 12.4. The molecule has 2 amide bonds. The van der Waals surface area contributed by atoms with E-state index in [9.17, 15) is 27.2 Å². The molecule has 1 rings (SSSR count). The third-order valence-corrected chi connectivity index (χ3v) is 2.80. The largest absolute Gasteiger partial charge is 0.478 e. The summed E-state index contributed by atoms with van der Waals surface area (Å²) in [4.78, 5) is 22.1. The van der Waals surface area contributed by atoms with Crippen molar-refractivity contribution in [1.29, 1.82) is 0 Å². The van der Waals surface area contributed by atoms with E-state index in [-0.39, 0.29) is 25.3 Å². The summed E-state index contributed by atoms with van der Waals surface area (Å²) in [6.07, 6.45) is -3.80. The fourth-order valence-corrected chi connectivity index (χ4v) is 1.52. The van der Waals surface area contributed by atoms with Crippen LogP contribution in [-0.4, -0.2) is 49.2 Å². The Morgan fingerprint density at radius 3 is 2.33 bits per heavy atom. The predicted octanol–water partition coefficient (Wildman–Crippen LogP) is 2.10. The topological polar surface area (TPSA) is 87.7 Å². The zero-order valence-corrected chi connectivity index (χ0v) is 12.4. The van der Waals surface area contributed by atoms with Gasteiger partial charge in [-0.25, -0.2) is 18.4 Å². The number of carboxylic acid groups (broad SMARTS) is 1. The van der Waals surface area contributed by atoms with Gasteiger partial charge < -0.3 is 20.5 Å². The van der Waals surface area contributed by atoms with Gasteiger partial charge in [-0.1, -0.05) is 12.1 Å². The summed E-state index contributed by atoms with van der Waals surface area (Å²) >= 11 is 0. The predicted molar refractivity (Wildman–Crippen MR) is 75.4 cm³/mol. The third-order valence-electron chi connectivity index (χ3n) is 2.80. The minimum atomic E-state index is -4.22. The second kappa shape index (κ2) is 9.06. The first-order chi connectivity index (χ1) is 11.2. The Hall–Kier alpha value is -2.36. The molecule has 0 spiro atoms. The molecule has 24 heavy (non-hydrogen) atoms. The van der Waals surface area contributed by atoms with Crippen LogP contribution in [0, 0.1) is 0 Å². The Morgan fingerprint density at radius 1 is 1.17 bits per heavy atom. The highest BCUT2D eigenvalue weighted by Crippen LogP contribution is 2.22. The molecule has 0 heterocycles. The minimum Gasteiger partial charge on any atom is -0.478 e. The van der Waals surface area contributed by atoms with Crippen LogP contribution >= 0.6 is 0 Å². The number of nitrogens with one attached hydrogen (secondary N) is 2. The normalized spacial score (nSPS) is 11.4. The highest BCUT2D eigenvalue weighted by Gasteiger charge is 2.40. The van der Waals surface area contributed by atoms with Gasteiger partial charge in [-0.3, -0.25) is 0 Å². The molecule has 0 saturated heterocycles.